The number of ether oxygens (including phenoxy) is 9. The zero-order valence-corrected chi connectivity index (χ0v) is 31.1. The predicted molar refractivity (Wildman–Crippen MR) is 177 cm³/mol. The van der Waals surface area contributed by atoms with E-state index in [0.29, 0.717) is 0 Å². The summed E-state index contributed by atoms with van der Waals surface area (Å²) in [6.45, 7) is -1.33. The molecule has 0 radical (unpaired) electrons. The zero-order chi connectivity index (χ0) is 42.9. The van der Waals surface area contributed by atoms with Crippen LogP contribution in [0, 0.1) is 0 Å². The minimum Gasteiger partial charge on any atom is -0.394 e. The molecule has 26 heteroatoms. The van der Waals surface area contributed by atoms with Gasteiger partial charge in [-0.3, -0.25) is 4.79 Å². The van der Waals surface area contributed by atoms with Crippen molar-refractivity contribution in [2.75, 3.05) is 26.4 Å². The van der Waals surface area contributed by atoms with Gasteiger partial charge < -0.3 is 125 Å². The molecule has 5 saturated heterocycles. The fourth-order valence-electron chi connectivity index (χ4n) is 7.37. The van der Waals surface area contributed by atoms with Crippen LogP contribution in [-0.2, 0) is 47.4 Å². The fourth-order valence-corrected chi connectivity index (χ4v) is 7.37. The Hall–Kier alpha value is -1.49. The second-order valence-corrected chi connectivity index (χ2v) is 14.7. The number of nitrogens with one attached hydrogen (secondary N) is 1. The van der Waals surface area contributed by atoms with E-state index in [9.17, 15) is 81.4 Å². The van der Waals surface area contributed by atoms with Crippen molar-refractivity contribution in [2.24, 2.45) is 0 Å². The third kappa shape index (κ3) is 9.75. The molecule has 0 bridgehead atoms. The summed E-state index contributed by atoms with van der Waals surface area (Å²) in [4.78, 5) is 12.7. The molecule has 1 amide bonds. The summed E-state index contributed by atoms with van der Waals surface area (Å²) in [5, 5.41) is 159. The van der Waals surface area contributed by atoms with Crippen molar-refractivity contribution in [1.29, 1.82) is 0 Å². The van der Waals surface area contributed by atoms with Gasteiger partial charge in [0.1, 0.15) is 116 Å². The van der Waals surface area contributed by atoms with Gasteiger partial charge in [0.2, 0.25) is 5.91 Å². The van der Waals surface area contributed by atoms with E-state index in [0.717, 1.165) is 6.92 Å². The van der Waals surface area contributed by atoms with E-state index in [1.165, 1.54) is 6.92 Å². The standard InChI is InChI=1S/C32H55NO25/c1-7-14(39)16(41)21(46)30(50-7)58-27-13(33-8(2)38)29(53-12(6-37)26(27)57-31-22(47)17(42)15(40)9(3-34)52-31)55-25-11(5-36)54-32(23(48)19(25)44)56-24-10(4-35)51-28(49)20(45)18(24)43/h7,9-32,34-37,39-49H,3-6H2,1-2H3,(H,33,38)/t7-,9+,10+,11+,12+,13+,14+,15-,16+,17-,18+,19+,20+,21-,22+,23+,24+,25-,26+,27+,28?,29-,30-,31-,32-/m0/s1. The number of hydrogen-bond acceptors (Lipinski definition) is 25. The van der Waals surface area contributed by atoms with Crippen molar-refractivity contribution in [1.82, 2.24) is 5.32 Å². The maximum absolute atomic E-state index is 12.7. The van der Waals surface area contributed by atoms with Gasteiger partial charge in [0.25, 0.3) is 0 Å². The SMILES string of the molecule is CC(=O)N[C@H]1[C@H](O[C@@H]2[C@H](O)[C@@H](O)[C@H](O[C@H]3[C@H](O)[C@@H](O)C(O)O[C@@H]3CO)O[C@@H]2CO)O[C@H](CO)[C@@H](O[C@@H]2O[C@H](CO)[C@H](O)[C@H](O)[C@H]2O)[C@@H]1O[C@@H]1O[C@@H](C)[C@@H](O)[C@@H](O)[C@@H]1O. The van der Waals surface area contributed by atoms with Crippen LogP contribution in [0.5, 0.6) is 0 Å². The van der Waals surface area contributed by atoms with Crippen LogP contribution in [-0.4, -0.2) is 262 Å². The molecular formula is C32H55NO25. The summed E-state index contributed by atoms with van der Waals surface area (Å²) in [7, 11) is 0. The molecule has 25 atom stereocenters. The second-order valence-electron chi connectivity index (χ2n) is 14.7. The third-order valence-corrected chi connectivity index (χ3v) is 10.7. The maximum atomic E-state index is 12.7. The van der Waals surface area contributed by atoms with Crippen LogP contribution in [0.3, 0.4) is 0 Å². The first-order valence-electron chi connectivity index (χ1n) is 18.5. The molecule has 0 aromatic heterocycles. The van der Waals surface area contributed by atoms with Gasteiger partial charge in [-0.25, -0.2) is 0 Å². The van der Waals surface area contributed by atoms with Crippen LogP contribution in [0.4, 0.5) is 0 Å². The van der Waals surface area contributed by atoms with Gasteiger partial charge in [-0.15, -0.1) is 0 Å². The number of carbonyl (C=O) groups is 1. The van der Waals surface area contributed by atoms with Crippen molar-refractivity contribution < 1.29 is 124 Å². The Labute approximate surface area is 329 Å². The molecule has 5 heterocycles. The lowest BCUT2D eigenvalue weighted by molar-refractivity contribution is -0.390. The van der Waals surface area contributed by atoms with Crippen LogP contribution in [0.1, 0.15) is 13.8 Å². The van der Waals surface area contributed by atoms with E-state index in [1.807, 2.05) is 0 Å². The van der Waals surface area contributed by atoms with Gasteiger partial charge >= 0.3 is 0 Å². The number of amides is 1. The first kappa shape index (κ1) is 47.6. The Bertz CT molecular complexity index is 1300. The lowest BCUT2D eigenvalue weighted by Gasteiger charge is -2.51. The van der Waals surface area contributed by atoms with Gasteiger partial charge in [-0.2, -0.15) is 0 Å². The van der Waals surface area contributed by atoms with Crippen molar-refractivity contribution in [3.63, 3.8) is 0 Å². The summed E-state index contributed by atoms with van der Waals surface area (Å²) in [6, 6.07) is -1.70. The third-order valence-electron chi connectivity index (χ3n) is 10.7. The Balaban J connectivity index is 1.45. The first-order chi connectivity index (χ1) is 27.4. The maximum Gasteiger partial charge on any atom is 0.217 e. The summed E-state index contributed by atoms with van der Waals surface area (Å²) < 4.78 is 51.4. The van der Waals surface area contributed by atoms with Crippen molar-refractivity contribution >= 4 is 5.91 Å². The number of rotatable bonds is 13. The highest BCUT2D eigenvalue weighted by atomic mass is 16.8. The smallest absolute Gasteiger partial charge is 0.217 e. The molecule has 0 aromatic rings. The second kappa shape index (κ2) is 20.1. The number of carbonyl (C=O) groups excluding carboxylic acids is 1. The molecule has 1 unspecified atom stereocenters. The van der Waals surface area contributed by atoms with E-state index in [1.54, 1.807) is 0 Å². The fraction of sp³-hybridized carbons (Fsp3) is 0.969. The predicted octanol–water partition coefficient (Wildman–Crippen LogP) is -10.8. The Morgan fingerprint density at radius 2 is 0.845 bits per heavy atom. The normalized spacial score (nSPS) is 51.6. The Morgan fingerprint density at radius 3 is 1.40 bits per heavy atom. The minimum absolute atomic E-state index is 0.814. The van der Waals surface area contributed by atoms with Gasteiger partial charge in [-0.05, 0) is 6.92 Å². The lowest BCUT2D eigenvalue weighted by Crippen LogP contribution is -2.71. The molecule has 0 spiro atoms. The van der Waals surface area contributed by atoms with Crippen LogP contribution < -0.4 is 5.32 Å². The summed E-state index contributed by atoms with van der Waals surface area (Å²) in [6.07, 6.45) is -43.2. The molecule has 5 aliphatic rings. The van der Waals surface area contributed by atoms with Crippen LogP contribution in [0.15, 0.2) is 0 Å². The minimum atomic E-state index is -2.10. The molecule has 58 heavy (non-hydrogen) atoms. The highest BCUT2D eigenvalue weighted by Crippen LogP contribution is 2.36. The summed E-state index contributed by atoms with van der Waals surface area (Å²) >= 11 is 0. The Morgan fingerprint density at radius 1 is 0.448 bits per heavy atom. The summed E-state index contributed by atoms with van der Waals surface area (Å²) in [5.41, 5.74) is 0. The van der Waals surface area contributed by atoms with Gasteiger partial charge in [0, 0.05) is 6.92 Å². The topological polar surface area (TPSA) is 416 Å². The molecule has 0 aliphatic carbocycles. The van der Waals surface area contributed by atoms with Crippen LogP contribution >= 0.6 is 0 Å². The van der Waals surface area contributed by atoms with E-state index in [4.69, 9.17) is 42.6 Å². The van der Waals surface area contributed by atoms with E-state index >= 15 is 0 Å². The van der Waals surface area contributed by atoms with E-state index < -0.39 is 186 Å². The van der Waals surface area contributed by atoms with Gasteiger partial charge in [0.05, 0.1) is 32.5 Å². The van der Waals surface area contributed by atoms with E-state index in [2.05, 4.69) is 5.32 Å². The van der Waals surface area contributed by atoms with Crippen molar-refractivity contribution in [3.8, 4) is 0 Å². The highest BCUT2D eigenvalue weighted by Gasteiger charge is 2.57. The van der Waals surface area contributed by atoms with Crippen LogP contribution in [0.25, 0.3) is 0 Å². The average Bonchev–Trinajstić information content (AvgIpc) is 3.20. The molecule has 5 fully saturated rings. The van der Waals surface area contributed by atoms with Crippen molar-refractivity contribution in [3.05, 3.63) is 0 Å². The first-order valence-corrected chi connectivity index (χ1v) is 18.5. The van der Waals surface area contributed by atoms with Gasteiger partial charge in [0.15, 0.2) is 31.5 Å². The van der Waals surface area contributed by atoms with E-state index in [-0.39, 0.29) is 0 Å². The van der Waals surface area contributed by atoms with Gasteiger partial charge in [-0.1, -0.05) is 0 Å². The molecule has 26 nitrogen and oxygen atoms in total. The lowest BCUT2D eigenvalue weighted by atomic mass is 9.93. The van der Waals surface area contributed by atoms with Crippen molar-refractivity contribution in [2.45, 2.75) is 167 Å². The monoisotopic (exact) mass is 853 g/mol. The van der Waals surface area contributed by atoms with Crippen LogP contribution in [0.2, 0.25) is 0 Å². The average molecular weight is 854 g/mol. The molecule has 338 valence electrons. The molecule has 0 aromatic carbocycles. The molecule has 5 aliphatic heterocycles. The quantitative estimate of drug-likeness (QED) is 0.0818. The molecule has 16 N–H and O–H groups in total. The zero-order valence-electron chi connectivity index (χ0n) is 31.1. The summed E-state index contributed by atoms with van der Waals surface area (Å²) in [5.74, 6) is -0.814. The molecule has 0 saturated carbocycles. The molecule has 5 rings (SSSR count). The number of aliphatic hydroxyl groups excluding tert-OH is 15. The Kier molecular flexibility index (Phi) is 16.5. The highest BCUT2D eigenvalue weighted by molar-refractivity contribution is 5.73. The molecular weight excluding hydrogens is 798 g/mol. The number of aliphatic hydroxyl groups is 15. The number of hydrogen-bond donors (Lipinski definition) is 16. The largest absolute Gasteiger partial charge is 0.394 e.